The van der Waals surface area contributed by atoms with Gasteiger partial charge in [0.1, 0.15) is 23.0 Å². The van der Waals surface area contributed by atoms with Crippen LogP contribution in [0.2, 0.25) is 0 Å². The molecule has 74 heavy (non-hydrogen) atoms. The average Bonchev–Trinajstić information content (AvgIpc) is 3.41. The Labute approximate surface area is 434 Å². The summed E-state index contributed by atoms with van der Waals surface area (Å²) in [6.45, 7) is 8.22. The second-order valence-corrected chi connectivity index (χ2v) is 18.3. The number of rotatable bonds is 27. The Morgan fingerprint density at radius 2 is 0.581 bits per heavy atom. The number of hydrogen-bond acceptors (Lipinski definition) is 12. The molecule has 0 bridgehead atoms. The summed E-state index contributed by atoms with van der Waals surface area (Å²) in [7, 11) is 0. The van der Waals surface area contributed by atoms with Crippen molar-refractivity contribution < 1.29 is 57.2 Å². The highest BCUT2D eigenvalue weighted by Crippen LogP contribution is 2.27. The van der Waals surface area contributed by atoms with Gasteiger partial charge < -0.3 is 28.4 Å². The normalized spacial score (nSPS) is 11.7. The van der Waals surface area contributed by atoms with Gasteiger partial charge >= 0.3 is 35.8 Å². The minimum Gasteiger partial charge on any atom is -0.459 e. The zero-order valence-corrected chi connectivity index (χ0v) is 42.8. The van der Waals surface area contributed by atoms with E-state index in [1.54, 1.807) is 48.5 Å². The van der Waals surface area contributed by atoms with E-state index >= 15 is 0 Å². The molecule has 0 radical (unpaired) electrons. The molecule has 2 unspecified atom stereocenters. The standard InChI is InChI=1S/C62H66O12/c1-5-7-9-11-13-15-43(3)69-59(65)49-21-17-45(18-22-49)47-25-33-55(34-26-47)73-61(67)51-29-37-53(38-30-51)71-57(63)41-42-58(64)72-54-39-31-52(32-40-54)62(68)74-56-35-27-48(28-36-56)46-19-23-50(24-20-46)60(66)70-44(4)16-14-12-10-8-6-2/h17-40,43-44H,5-16,41-42H2,1-4H3. The number of hydrogen-bond donors (Lipinski definition) is 0. The Balaban J connectivity index is 0.870. The van der Waals surface area contributed by atoms with Crippen LogP contribution >= 0.6 is 0 Å². The van der Waals surface area contributed by atoms with Crippen molar-refractivity contribution in [2.24, 2.45) is 0 Å². The molecule has 0 saturated carbocycles. The van der Waals surface area contributed by atoms with Crippen LogP contribution in [-0.2, 0) is 19.1 Å². The number of carbonyl (C=O) groups is 6. The van der Waals surface area contributed by atoms with Gasteiger partial charge in [-0.05, 0) is 159 Å². The van der Waals surface area contributed by atoms with Crippen molar-refractivity contribution in [2.75, 3.05) is 0 Å². The number of esters is 6. The van der Waals surface area contributed by atoms with E-state index in [1.807, 2.05) is 62.4 Å². The average molecular weight is 1000 g/mol. The summed E-state index contributed by atoms with van der Waals surface area (Å²) in [6.07, 6.45) is 12.5. The zero-order chi connectivity index (χ0) is 52.7. The SMILES string of the molecule is CCCCCCCC(C)OC(=O)c1ccc(-c2ccc(OC(=O)c3ccc(OC(=O)CCC(=O)Oc4ccc(C(=O)Oc5ccc(-c6ccc(C(=O)OC(C)CCCCCCC)cc6)cc5)cc4)cc3)cc2)cc1. The van der Waals surface area contributed by atoms with Gasteiger partial charge in [0.2, 0.25) is 0 Å². The van der Waals surface area contributed by atoms with Crippen LogP contribution in [0.1, 0.15) is 159 Å². The van der Waals surface area contributed by atoms with E-state index in [-0.39, 0.29) is 59.6 Å². The maximum Gasteiger partial charge on any atom is 0.343 e. The van der Waals surface area contributed by atoms with Crippen LogP contribution < -0.4 is 18.9 Å². The fourth-order valence-electron chi connectivity index (χ4n) is 7.94. The van der Waals surface area contributed by atoms with E-state index in [2.05, 4.69) is 13.8 Å². The minimum atomic E-state index is -0.681. The van der Waals surface area contributed by atoms with Gasteiger partial charge in [0, 0.05) is 0 Å². The molecule has 0 heterocycles. The van der Waals surface area contributed by atoms with E-state index in [9.17, 15) is 28.8 Å². The third-order valence-corrected chi connectivity index (χ3v) is 12.3. The maximum atomic E-state index is 12.9. The van der Waals surface area contributed by atoms with E-state index in [4.69, 9.17) is 28.4 Å². The number of ether oxygens (including phenoxy) is 6. The smallest absolute Gasteiger partial charge is 0.343 e. The second kappa shape index (κ2) is 29.0. The monoisotopic (exact) mass is 1000 g/mol. The Kier molecular flexibility index (Phi) is 21.7. The van der Waals surface area contributed by atoms with Gasteiger partial charge in [-0.15, -0.1) is 0 Å². The summed E-state index contributed by atoms with van der Waals surface area (Å²) in [4.78, 5) is 76.2. The van der Waals surface area contributed by atoms with Crippen LogP contribution in [0.3, 0.4) is 0 Å². The summed E-state index contributed by atoms with van der Waals surface area (Å²) in [6, 6.07) is 40.0. The van der Waals surface area contributed by atoms with Gasteiger partial charge in [0.25, 0.3) is 0 Å². The van der Waals surface area contributed by atoms with Gasteiger partial charge in [-0.3, -0.25) is 9.59 Å². The molecule has 0 N–H and O–H groups in total. The Morgan fingerprint density at radius 3 is 0.905 bits per heavy atom. The lowest BCUT2D eigenvalue weighted by Crippen LogP contribution is -2.15. The molecule has 0 saturated heterocycles. The molecule has 0 aliphatic rings. The lowest BCUT2D eigenvalue weighted by Gasteiger charge is -2.13. The number of benzene rings is 6. The van der Waals surface area contributed by atoms with Gasteiger partial charge in [-0.2, -0.15) is 0 Å². The van der Waals surface area contributed by atoms with Crippen molar-refractivity contribution in [1.82, 2.24) is 0 Å². The van der Waals surface area contributed by atoms with E-state index in [1.165, 1.54) is 87.1 Å². The molecule has 0 aromatic heterocycles. The third-order valence-electron chi connectivity index (χ3n) is 12.3. The molecule has 0 aliphatic carbocycles. The van der Waals surface area contributed by atoms with E-state index in [0.29, 0.717) is 22.6 Å². The second-order valence-electron chi connectivity index (χ2n) is 18.3. The minimum absolute atomic E-state index is 0.143. The summed E-state index contributed by atoms with van der Waals surface area (Å²) < 4.78 is 33.1. The summed E-state index contributed by atoms with van der Waals surface area (Å²) >= 11 is 0. The Hall–Kier alpha value is -7.86. The number of carbonyl (C=O) groups excluding carboxylic acids is 6. The molecule has 12 heteroatoms. The maximum absolute atomic E-state index is 12.9. The van der Waals surface area contributed by atoms with Crippen LogP contribution in [0.15, 0.2) is 146 Å². The van der Waals surface area contributed by atoms with E-state index < -0.39 is 23.9 Å². The first-order valence-corrected chi connectivity index (χ1v) is 25.8. The van der Waals surface area contributed by atoms with Crippen molar-refractivity contribution in [3.63, 3.8) is 0 Å². The van der Waals surface area contributed by atoms with Gasteiger partial charge in [-0.25, -0.2) is 19.2 Å². The summed E-state index contributed by atoms with van der Waals surface area (Å²) in [5, 5.41) is 0. The molecular weight excluding hydrogens is 937 g/mol. The number of unbranched alkanes of at least 4 members (excludes halogenated alkanes) is 8. The summed E-state index contributed by atoms with van der Waals surface area (Å²) in [5.74, 6) is -2.26. The predicted molar refractivity (Wildman–Crippen MR) is 284 cm³/mol. The predicted octanol–water partition coefficient (Wildman–Crippen LogP) is 14.6. The van der Waals surface area contributed by atoms with E-state index in [0.717, 1.165) is 60.8 Å². The van der Waals surface area contributed by atoms with Gasteiger partial charge in [0.15, 0.2) is 0 Å². The first kappa shape index (κ1) is 55.5. The van der Waals surface area contributed by atoms with Gasteiger partial charge in [-0.1, -0.05) is 114 Å². The van der Waals surface area contributed by atoms with Crippen molar-refractivity contribution in [3.8, 4) is 45.3 Å². The zero-order valence-electron chi connectivity index (χ0n) is 42.8. The van der Waals surface area contributed by atoms with Crippen LogP contribution in [0, 0.1) is 0 Å². The summed E-state index contributed by atoms with van der Waals surface area (Å²) in [5.41, 5.74) is 4.93. The molecular formula is C62H66O12. The van der Waals surface area contributed by atoms with Crippen molar-refractivity contribution in [1.29, 1.82) is 0 Å². The Bertz CT molecular complexity index is 2550. The highest BCUT2D eigenvalue weighted by Gasteiger charge is 2.17. The van der Waals surface area contributed by atoms with Crippen molar-refractivity contribution in [2.45, 2.75) is 130 Å². The molecule has 0 fully saturated rings. The molecule has 6 aromatic rings. The third kappa shape index (κ3) is 18.0. The molecule has 12 nitrogen and oxygen atoms in total. The first-order valence-electron chi connectivity index (χ1n) is 25.8. The highest BCUT2D eigenvalue weighted by atomic mass is 16.6. The van der Waals surface area contributed by atoms with Crippen LogP contribution in [0.25, 0.3) is 22.3 Å². The molecule has 0 aliphatic heterocycles. The fraction of sp³-hybridized carbons (Fsp3) is 0.323. The lowest BCUT2D eigenvalue weighted by atomic mass is 10.0. The van der Waals surface area contributed by atoms with Gasteiger partial charge in [0.05, 0.1) is 47.3 Å². The van der Waals surface area contributed by atoms with Crippen molar-refractivity contribution >= 4 is 35.8 Å². The largest absolute Gasteiger partial charge is 0.459 e. The highest BCUT2D eigenvalue weighted by molar-refractivity contribution is 5.93. The molecule has 6 aromatic carbocycles. The van der Waals surface area contributed by atoms with Crippen LogP contribution in [-0.4, -0.2) is 48.0 Å². The topological polar surface area (TPSA) is 158 Å². The van der Waals surface area contributed by atoms with Crippen LogP contribution in [0.4, 0.5) is 0 Å². The first-order chi connectivity index (χ1) is 35.9. The molecule has 2 atom stereocenters. The molecule has 6 rings (SSSR count). The Morgan fingerprint density at radius 1 is 0.324 bits per heavy atom. The molecule has 0 amide bonds. The van der Waals surface area contributed by atoms with Crippen molar-refractivity contribution in [3.05, 3.63) is 168 Å². The molecule has 386 valence electrons. The quantitative estimate of drug-likeness (QED) is 0.0274. The fourth-order valence-corrected chi connectivity index (χ4v) is 7.94. The molecule has 0 spiro atoms. The lowest BCUT2D eigenvalue weighted by molar-refractivity contribution is -0.140. The van der Waals surface area contributed by atoms with Crippen LogP contribution in [0.5, 0.6) is 23.0 Å².